The van der Waals surface area contributed by atoms with Gasteiger partial charge in [-0.05, 0) is 22.6 Å². The average molecular weight is 351 g/mol. The van der Waals surface area contributed by atoms with Crippen molar-refractivity contribution in [3.8, 4) is 16.9 Å². The molecule has 4 rings (SSSR count). The molecule has 0 bridgehead atoms. The summed E-state index contributed by atoms with van der Waals surface area (Å²) in [5.41, 5.74) is 2.91. The largest absolute Gasteiger partial charge is 0.351 e. The van der Waals surface area contributed by atoms with E-state index in [1.165, 1.54) is 11.7 Å². The second-order valence-corrected chi connectivity index (χ2v) is 5.50. The van der Waals surface area contributed by atoms with Crippen molar-refractivity contribution in [1.82, 2.24) is 34.3 Å². The van der Waals surface area contributed by atoms with E-state index in [9.17, 15) is 0 Å². The van der Waals surface area contributed by atoms with Gasteiger partial charge in [-0.15, -0.1) is 17.5 Å². The lowest BCUT2D eigenvalue weighted by molar-refractivity contribution is 0.586. The Morgan fingerprint density at radius 1 is 1.04 bits per heavy atom. The average Bonchev–Trinajstić information content (AvgIpc) is 3.28. The molecule has 1 aliphatic heterocycles. The Balaban J connectivity index is 0.00000156. The first-order valence-electron chi connectivity index (χ1n) is 7.04. The number of aromatic nitrogens is 6. The highest BCUT2D eigenvalue weighted by Gasteiger charge is 2.19. The minimum atomic E-state index is 0. The number of halogens is 1. The monoisotopic (exact) mass is 350 g/mol. The van der Waals surface area contributed by atoms with E-state index in [0.29, 0.717) is 0 Å². The lowest BCUT2D eigenvalue weighted by atomic mass is 10.1. The van der Waals surface area contributed by atoms with Crippen LogP contribution in [-0.4, -0.2) is 55.1 Å². The van der Waals surface area contributed by atoms with Crippen molar-refractivity contribution in [2.45, 2.75) is 0 Å². The van der Waals surface area contributed by atoms with Crippen molar-refractivity contribution in [3.63, 3.8) is 0 Å². The smallest absolute Gasteiger partial charge is 0.170 e. The molecule has 3 heterocycles. The topological polar surface area (TPSA) is 84.6 Å². The molecule has 0 atom stereocenters. The molecule has 0 amide bonds. The van der Waals surface area contributed by atoms with Gasteiger partial charge in [0.1, 0.15) is 12.0 Å². The van der Waals surface area contributed by atoms with E-state index in [1.807, 2.05) is 24.3 Å². The highest BCUT2D eigenvalue weighted by atomic mass is 35.5. The maximum absolute atomic E-state index is 4.48. The zero-order valence-electron chi connectivity index (χ0n) is 12.2. The first-order chi connectivity index (χ1) is 10.9. The fraction of sp³-hybridized carbons (Fsp3) is 0.308. The Hall–Kier alpha value is -2.10. The first-order valence-corrected chi connectivity index (χ1v) is 7.77. The zero-order chi connectivity index (χ0) is 14.8. The summed E-state index contributed by atoms with van der Waals surface area (Å²) >= 11 is 1.26. The summed E-state index contributed by atoms with van der Waals surface area (Å²) in [5.74, 6) is 0.974. The molecule has 0 unspecified atom stereocenters. The van der Waals surface area contributed by atoms with Crippen molar-refractivity contribution in [2.75, 3.05) is 31.1 Å². The molecule has 1 saturated heterocycles. The predicted octanol–water partition coefficient (Wildman–Crippen LogP) is 1.01. The maximum atomic E-state index is 4.48. The van der Waals surface area contributed by atoms with Crippen molar-refractivity contribution >= 4 is 30.0 Å². The molecule has 0 saturated carbocycles. The van der Waals surface area contributed by atoms with Gasteiger partial charge in [0.05, 0.1) is 17.4 Å². The van der Waals surface area contributed by atoms with Gasteiger partial charge < -0.3 is 10.2 Å². The van der Waals surface area contributed by atoms with Crippen molar-refractivity contribution in [3.05, 3.63) is 30.6 Å². The third kappa shape index (κ3) is 3.16. The van der Waals surface area contributed by atoms with Gasteiger partial charge in [-0.2, -0.15) is 8.75 Å². The predicted molar refractivity (Wildman–Crippen MR) is 90.4 cm³/mol. The van der Waals surface area contributed by atoms with E-state index in [4.69, 9.17) is 0 Å². The number of rotatable bonds is 3. The molecule has 2 aromatic heterocycles. The number of piperazine rings is 1. The van der Waals surface area contributed by atoms with E-state index in [1.54, 1.807) is 11.0 Å². The third-order valence-electron chi connectivity index (χ3n) is 3.64. The summed E-state index contributed by atoms with van der Waals surface area (Å²) in [6, 6.07) is 8.01. The van der Waals surface area contributed by atoms with Crippen LogP contribution in [0.25, 0.3) is 16.9 Å². The summed E-state index contributed by atoms with van der Waals surface area (Å²) < 4.78 is 10.6. The molecule has 1 N–H and O–H groups in total. The van der Waals surface area contributed by atoms with Gasteiger partial charge >= 0.3 is 0 Å². The van der Waals surface area contributed by atoms with E-state index < -0.39 is 0 Å². The number of benzene rings is 1. The highest BCUT2D eigenvalue weighted by Crippen LogP contribution is 2.29. The number of nitrogens with one attached hydrogen (secondary N) is 1. The van der Waals surface area contributed by atoms with Crippen LogP contribution in [0.4, 0.5) is 5.82 Å². The molecule has 3 aromatic rings. The number of tetrazole rings is 1. The van der Waals surface area contributed by atoms with Crippen LogP contribution in [0, 0.1) is 0 Å². The molecular weight excluding hydrogens is 336 g/mol. The molecule has 1 aliphatic rings. The molecule has 0 aliphatic carbocycles. The van der Waals surface area contributed by atoms with E-state index in [-0.39, 0.29) is 12.4 Å². The minimum absolute atomic E-state index is 0. The quantitative estimate of drug-likeness (QED) is 0.754. The van der Waals surface area contributed by atoms with E-state index in [2.05, 4.69) is 34.5 Å². The second-order valence-electron chi connectivity index (χ2n) is 4.97. The number of nitrogens with zero attached hydrogens (tertiary/aromatic N) is 7. The molecule has 0 radical (unpaired) electrons. The van der Waals surface area contributed by atoms with Crippen LogP contribution in [0.2, 0.25) is 0 Å². The molecule has 23 heavy (non-hydrogen) atoms. The Morgan fingerprint density at radius 3 is 2.52 bits per heavy atom. The number of anilines is 1. The molecule has 120 valence electrons. The molecule has 1 aromatic carbocycles. The lowest BCUT2D eigenvalue weighted by Crippen LogP contribution is -2.43. The Labute approximate surface area is 143 Å². The van der Waals surface area contributed by atoms with Gasteiger partial charge in [-0.1, -0.05) is 12.1 Å². The molecule has 8 nitrogen and oxygen atoms in total. The third-order valence-corrected chi connectivity index (χ3v) is 4.16. The minimum Gasteiger partial charge on any atom is -0.351 e. The highest BCUT2D eigenvalue weighted by molar-refractivity contribution is 6.99. The van der Waals surface area contributed by atoms with Crippen molar-refractivity contribution < 1.29 is 0 Å². The standard InChI is InChI=1S/C13H14N8S.ClH/c1-3-11(21-9-15-18-19-21)4-2-10(1)12-13(17-22-16-12)20-7-5-14-6-8-20;/h1-4,9,14H,5-8H2;1H. The van der Waals surface area contributed by atoms with Gasteiger partial charge in [0.25, 0.3) is 0 Å². The summed E-state index contributed by atoms with van der Waals surface area (Å²) in [5, 5.41) is 14.5. The fourth-order valence-electron chi connectivity index (χ4n) is 2.50. The number of hydrogen-bond acceptors (Lipinski definition) is 8. The van der Waals surface area contributed by atoms with Crippen LogP contribution in [0.3, 0.4) is 0 Å². The van der Waals surface area contributed by atoms with Crippen LogP contribution < -0.4 is 10.2 Å². The summed E-state index contributed by atoms with van der Waals surface area (Å²) in [7, 11) is 0. The molecule has 10 heteroatoms. The molecular formula is C13H15ClN8S. The Morgan fingerprint density at radius 2 is 1.83 bits per heavy atom. The normalized spacial score (nSPS) is 14.5. The zero-order valence-corrected chi connectivity index (χ0v) is 13.8. The summed E-state index contributed by atoms with van der Waals surface area (Å²) in [6.45, 7) is 3.88. The first kappa shape index (κ1) is 15.8. The number of hydrogen-bond donors (Lipinski definition) is 1. The lowest BCUT2D eigenvalue weighted by Gasteiger charge is -2.27. The van der Waals surface area contributed by atoms with Crippen LogP contribution in [-0.2, 0) is 0 Å². The van der Waals surface area contributed by atoms with E-state index in [0.717, 1.165) is 48.9 Å². The molecule has 0 spiro atoms. The van der Waals surface area contributed by atoms with Crippen molar-refractivity contribution in [2.24, 2.45) is 0 Å². The van der Waals surface area contributed by atoms with Crippen LogP contribution >= 0.6 is 24.1 Å². The van der Waals surface area contributed by atoms with Crippen LogP contribution in [0.5, 0.6) is 0 Å². The Bertz CT molecular complexity index is 736. The SMILES string of the molecule is Cl.c1cc(-n2cnnn2)ccc1-c1nsnc1N1CCNCC1. The Kier molecular flexibility index (Phi) is 4.79. The van der Waals surface area contributed by atoms with Gasteiger partial charge in [0, 0.05) is 31.7 Å². The van der Waals surface area contributed by atoms with Crippen molar-refractivity contribution in [1.29, 1.82) is 0 Å². The summed E-state index contributed by atoms with van der Waals surface area (Å²) in [6.07, 6.45) is 1.57. The van der Waals surface area contributed by atoms with Gasteiger partial charge in [0.15, 0.2) is 5.82 Å². The molecule has 1 fully saturated rings. The fourth-order valence-corrected chi connectivity index (χ4v) is 3.09. The summed E-state index contributed by atoms with van der Waals surface area (Å²) in [4.78, 5) is 2.28. The maximum Gasteiger partial charge on any atom is 0.170 e. The van der Waals surface area contributed by atoms with Gasteiger partial charge in [-0.25, -0.2) is 4.68 Å². The van der Waals surface area contributed by atoms with Crippen LogP contribution in [0.15, 0.2) is 30.6 Å². The van der Waals surface area contributed by atoms with Gasteiger partial charge in [0.2, 0.25) is 0 Å². The van der Waals surface area contributed by atoms with Gasteiger partial charge in [-0.3, -0.25) is 0 Å². The van der Waals surface area contributed by atoms with Crippen LogP contribution in [0.1, 0.15) is 0 Å². The second kappa shape index (κ2) is 6.99. The van der Waals surface area contributed by atoms with E-state index >= 15 is 0 Å².